The van der Waals surface area contributed by atoms with Crippen molar-refractivity contribution in [3.8, 4) is 0 Å². The van der Waals surface area contributed by atoms with Gasteiger partial charge in [-0.25, -0.2) is 4.79 Å². The molecule has 3 rings (SSSR count). The molecule has 6 heteroatoms. The number of carbonyl (C=O) groups excluding carboxylic acids is 1. The number of urea groups is 1. The lowest BCUT2D eigenvalue weighted by Gasteiger charge is -2.33. The molecular formula is C19H24N4O2. The SMILES string of the molecule is Cc1cccnc1CNC(=O)Nc1ccc(N2CCOC(C)C2)cc1. The van der Waals surface area contributed by atoms with Crippen molar-refractivity contribution in [1.29, 1.82) is 0 Å². The average molecular weight is 340 g/mol. The number of nitrogens with zero attached hydrogens (tertiary/aromatic N) is 2. The van der Waals surface area contributed by atoms with E-state index in [0.29, 0.717) is 6.54 Å². The van der Waals surface area contributed by atoms with Gasteiger partial charge in [0.1, 0.15) is 0 Å². The third kappa shape index (κ3) is 4.70. The third-order valence-electron chi connectivity index (χ3n) is 4.27. The van der Waals surface area contributed by atoms with Gasteiger partial charge in [0.25, 0.3) is 0 Å². The van der Waals surface area contributed by atoms with Gasteiger partial charge in [-0.05, 0) is 49.7 Å². The third-order valence-corrected chi connectivity index (χ3v) is 4.27. The molecule has 1 aliphatic rings. The number of nitrogens with one attached hydrogen (secondary N) is 2. The summed E-state index contributed by atoms with van der Waals surface area (Å²) in [6.45, 7) is 6.99. The van der Waals surface area contributed by atoms with E-state index in [1.54, 1.807) is 6.20 Å². The summed E-state index contributed by atoms with van der Waals surface area (Å²) in [5.41, 5.74) is 3.84. The first-order valence-corrected chi connectivity index (χ1v) is 8.54. The fourth-order valence-corrected chi connectivity index (χ4v) is 2.85. The molecule has 0 bridgehead atoms. The highest BCUT2D eigenvalue weighted by Gasteiger charge is 2.16. The van der Waals surface area contributed by atoms with E-state index in [9.17, 15) is 4.79 Å². The maximum atomic E-state index is 12.0. The molecule has 1 unspecified atom stereocenters. The molecule has 2 N–H and O–H groups in total. The normalized spacial score (nSPS) is 17.2. The number of anilines is 2. The van der Waals surface area contributed by atoms with Gasteiger partial charge in [0.05, 0.1) is 24.9 Å². The Morgan fingerprint density at radius 3 is 2.84 bits per heavy atom. The van der Waals surface area contributed by atoms with Gasteiger partial charge < -0.3 is 20.3 Å². The minimum Gasteiger partial charge on any atom is -0.375 e. The number of ether oxygens (including phenoxy) is 1. The van der Waals surface area contributed by atoms with E-state index in [1.165, 1.54) is 0 Å². The Morgan fingerprint density at radius 2 is 2.12 bits per heavy atom. The van der Waals surface area contributed by atoms with Crippen molar-refractivity contribution in [2.24, 2.45) is 0 Å². The molecule has 6 nitrogen and oxygen atoms in total. The smallest absolute Gasteiger partial charge is 0.319 e. The summed E-state index contributed by atoms with van der Waals surface area (Å²) in [5, 5.41) is 5.68. The zero-order valence-corrected chi connectivity index (χ0v) is 14.7. The molecule has 1 aromatic carbocycles. The van der Waals surface area contributed by atoms with E-state index >= 15 is 0 Å². The molecule has 0 saturated carbocycles. The summed E-state index contributed by atoms with van der Waals surface area (Å²) in [7, 11) is 0. The summed E-state index contributed by atoms with van der Waals surface area (Å²) in [6, 6.07) is 11.5. The molecule has 2 aromatic rings. The van der Waals surface area contributed by atoms with Gasteiger partial charge in [-0.15, -0.1) is 0 Å². The number of hydrogen-bond acceptors (Lipinski definition) is 4. The molecule has 0 aliphatic carbocycles. The van der Waals surface area contributed by atoms with E-state index in [1.807, 2.05) is 43.3 Å². The first-order valence-electron chi connectivity index (χ1n) is 8.54. The summed E-state index contributed by atoms with van der Waals surface area (Å²) in [6.07, 6.45) is 1.97. The van der Waals surface area contributed by atoms with E-state index in [2.05, 4.69) is 27.4 Å². The molecule has 25 heavy (non-hydrogen) atoms. The predicted octanol–water partition coefficient (Wildman–Crippen LogP) is 2.94. The van der Waals surface area contributed by atoms with Crippen LogP contribution in [0.1, 0.15) is 18.2 Å². The van der Waals surface area contributed by atoms with Crippen LogP contribution in [-0.4, -0.2) is 36.8 Å². The quantitative estimate of drug-likeness (QED) is 0.898. The second-order valence-corrected chi connectivity index (χ2v) is 6.25. The van der Waals surface area contributed by atoms with Gasteiger partial charge in [-0.1, -0.05) is 6.07 Å². The number of aromatic nitrogens is 1. The van der Waals surface area contributed by atoms with E-state index in [0.717, 1.165) is 42.3 Å². The molecular weight excluding hydrogens is 316 g/mol. The predicted molar refractivity (Wildman–Crippen MR) is 98.9 cm³/mol. The molecule has 1 saturated heterocycles. The summed E-state index contributed by atoms with van der Waals surface area (Å²) in [4.78, 5) is 18.6. The highest BCUT2D eigenvalue weighted by atomic mass is 16.5. The molecule has 0 spiro atoms. The molecule has 2 amide bonds. The Kier molecular flexibility index (Phi) is 5.50. The maximum absolute atomic E-state index is 12.0. The van der Waals surface area contributed by atoms with Crippen LogP contribution in [0.15, 0.2) is 42.6 Å². The molecule has 1 fully saturated rings. The number of amides is 2. The summed E-state index contributed by atoms with van der Waals surface area (Å²) >= 11 is 0. The number of carbonyl (C=O) groups is 1. The lowest BCUT2D eigenvalue weighted by molar-refractivity contribution is 0.0532. The van der Waals surface area contributed by atoms with Crippen LogP contribution >= 0.6 is 0 Å². The summed E-state index contributed by atoms with van der Waals surface area (Å²) < 4.78 is 5.57. The van der Waals surface area contributed by atoms with Crippen molar-refractivity contribution in [1.82, 2.24) is 10.3 Å². The highest BCUT2D eigenvalue weighted by molar-refractivity contribution is 5.89. The Morgan fingerprint density at radius 1 is 1.32 bits per heavy atom. The van der Waals surface area contributed by atoms with Gasteiger partial charge in [0.15, 0.2) is 0 Å². The second kappa shape index (κ2) is 7.98. The van der Waals surface area contributed by atoms with Crippen LogP contribution in [0.3, 0.4) is 0 Å². The molecule has 1 atom stereocenters. The summed E-state index contributed by atoms with van der Waals surface area (Å²) in [5.74, 6) is 0. The fourth-order valence-electron chi connectivity index (χ4n) is 2.85. The fraction of sp³-hybridized carbons (Fsp3) is 0.368. The van der Waals surface area contributed by atoms with Crippen LogP contribution in [0.25, 0.3) is 0 Å². The van der Waals surface area contributed by atoms with Crippen molar-refractivity contribution >= 4 is 17.4 Å². The number of morpholine rings is 1. The Labute approximate surface area is 148 Å². The van der Waals surface area contributed by atoms with Crippen molar-refractivity contribution < 1.29 is 9.53 Å². The standard InChI is InChI=1S/C19H24N4O2/c1-14-4-3-9-20-18(14)12-21-19(24)22-16-5-7-17(8-6-16)23-10-11-25-15(2)13-23/h3-9,15H,10-13H2,1-2H3,(H2,21,22,24). The Balaban J connectivity index is 1.52. The first kappa shape index (κ1) is 17.2. The van der Waals surface area contributed by atoms with Gasteiger partial charge in [0, 0.05) is 30.7 Å². The van der Waals surface area contributed by atoms with Crippen LogP contribution < -0.4 is 15.5 Å². The number of rotatable bonds is 4. The van der Waals surface area contributed by atoms with Gasteiger partial charge in [-0.2, -0.15) is 0 Å². The molecule has 2 heterocycles. The van der Waals surface area contributed by atoms with Crippen molar-refractivity contribution in [2.75, 3.05) is 29.9 Å². The zero-order valence-electron chi connectivity index (χ0n) is 14.7. The van der Waals surface area contributed by atoms with Crippen LogP contribution in [-0.2, 0) is 11.3 Å². The number of pyridine rings is 1. The molecule has 1 aliphatic heterocycles. The minimum absolute atomic E-state index is 0.238. The van der Waals surface area contributed by atoms with Crippen molar-refractivity contribution in [3.63, 3.8) is 0 Å². The van der Waals surface area contributed by atoms with Gasteiger partial charge in [0.2, 0.25) is 0 Å². The molecule has 132 valence electrons. The lowest BCUT2D eigenvalue weighted by Crippen LogP contribution is -2.41. The number of benzene rings is 1. The largest absolute Gasteiger partial charge is 0.375 e. The first-order chi connectivity index (χ1) is 12.1. The zero-order chi connectivity index (χ0) is 17.6. The maximum Gasteiger partial charge on any atom is 0.319 e. The van der Waals surface area contributed by atoms with Crippen LogP contribution in [0.4, 0.5) is 16.2 Å². The topological polar surface area (TPSA) is 66.5 Å². The highest BCUT2D eigenvalue weighted by Crippen LogP contribution is 2.20. The number of hydrogen-bond donors (Lipinski definition) is 2. The van der Waals surface area contributed by atoms with E-state index in [-0.39, 0.29) is 12.1 Å². The van der Waals surface area contributed by atoms with Crippen LogP contribution in [0.5, 0.6) is 0 Å². The van der Waals surface area contributed by atoms with Crippen molar-refractivity contribution in [3.05, 3.63) is 53.9 Å². The number of aryl methyl sites for hydroxylation is 1. The van der Waals surface area contributed by atoms with Crippen molar-refractivity contribution in [2.45, 2.75) is 26.5 Å². The van der Waals surface area contributed by atoms with Gasteiger partial charge >= 0.3 is 6.03 Å². The second-order valence-electron chi connectivity index (χ2n) is 6.25. The van der Waals surface area contributed by atoms with E-state index < -0.39 is 0 Å². The average Bonchev–Trinajstić information content (AvgIpc) is 2.62. The molecule has 0 radical (unpaired) electrons. The van der Waals surface area contributed by atoms with Crippen LogP contribution in [0.2, 0.25) is 0 Å². The van der Waals surface area contributed by atoms with Gasteiger partial charge in [-0.3, -0.25) is 4.98 Å². The molecule has 1 aromatic heterocycles. The lowest BCUT2D eigenvalue weighted by atomic mass is 10.2. The Bertz CT molecular complexity index is 718. The Hall–Kier alpha value is -2.60. The monoisotopic (exact) mass is 340 g/mol. The minimum atomic E-state index is -0.238. The van der Waals surface area contributed by atoms with Crippen LogP contribution in [0, 0.1) is 6.92 Å². The van der Waals surface area contributed by atoms with E-state index in [4.69, 9.17) is 4.74 Å².